The van der Waals surface area contributed by atoms with Crippen molar-refractivity contribution in [1.29, 1.82) is 0 Å². The topological polar surface area (TPSA) is 78.9 Å². The summed E-state index contributed by atoms with van der Waals surface area (Å²) in [6, 6.07) is 0. The summed E-state index contributed by atoms with van der Waals surface area (Å²) in [5.74, 6) is -0.955. The Morgan fingerprint density at radius 2 is 0.527 bits per heavy atom. The molecule has 74 heavy (non-hydrogen) atoms. The molecule has 0 spiro atoms. The van der Waals surface area contributed by atoms with Gasteiger partial charge >= 0.3 is 17.9 Å². The minimum Gasteiger partial charge on any atom is -0.462 e. The molecule has 0 aromatic rings. The van der Waals surface area contributed by atoms with Gasteiger partial charge in [0.25, 0.3) is 0 Å². The Balaban J connectivity index is 4.16. The molecule has 0 bridgehead atoms. The summed E-state index contributed by atoms with van der Waals surface area (Å²) in [5.41, 5.74) is 0. The lowest BCUT2D eigenvalue weighted by Gasteiger charge is -2.18. The molecule has 0 aliphatic heterocycles. The van der Waals surface area contributed by atoms with Crippen molar-refractivity contribution in [3.05, 3.63) is 48.6 Å². The second kappa shape index (κ2) is 62.9. The lowest BCUT2D eigenvalue weighted by molar-refractivity contribution is -0.166. The molecule has 0 N–H and O–H groups in total. The quantitative estimate of drug-likeness (QED) is 0.0261. The first kappa shape index (κ1) is 71.4. The van der Waals surface area contributed by atoms with Crippen LogP contribution in [0.1, 0.15) is 348 Å². The second-order valence-corrected chi connectivity index (χ2v) is 22.0. The molecule has 0 aliphatic rings. The Kier molecular flexibility index (Phi) is 60.7. The molecule has 0 amide bonds. The van der Waals surface area contributed by atoms with Crippen molar-refractivity contribution in [2.24, 2.45) is 0 Å². The molecular formula is C68H124O6. The standard InChI is InChI=1S/C68H124O6/c1-4-7-10-13-16-19-22-25-27-28-29-30-31-32-33-34-35-36-37-38-39-40-41-44-46-49-52-55-58-61-67(70)73-64-65(63-72-66(69)60-57-54-51-48-45-42-24-21-18-15-12-9-6-3)74-68(71)62-59-56-53-50-47-43-26-23-20-17-14-11-8-5-2/h9,12,18,21,42,45,51,54,65H,4-8,10-11,13-17,19-20,22-41,43-44,46-50,52-53,55-64H2,1-3H3/b12-9-,21-18-,45-42-,54-51-. The third-order valence-corrected chi connectivity index (χ3v) is 14.6. The van der Waals surface area contributed by atoms with Crippen molar-refractivity contribution < 1.29 is 28.6 Å². The number of unbranched alkanes of at least 4 members (excludes halogenated alkanes) is 41. The van der Waals surface area contributed by atoms with E-state index in [1.54, 1.807) is 0 Å². The Hall–Kier alpha value is -2.63. The lowest BCUT2D eigenvalue weighted by atomic mass is 10.0. The van der Waals surface area contributed by atoms with Crippen LogP contribution in [0.2, 0.25) is 0 Å². The molecule has 1 atom stereocenters. The summed E-state index contributed by atoms with van der Waals surface area (Å²) < 4.78 is 16.8. The van der Waals surface area contributed by atoms with Crippen LogP contribution >= 0.6 is 0 Å². The molecular weight excluding hydrogens is 913 g/mol. The van der Waals surface area contributed by atoms with Gasteiger partial charge in [0.15, 0.2) is 6.10 Å². The number of ether oxygens (including phenoxy) is 3. The van der Waals surface area contributed by atoms with Gasteiger partial charge in [0.2, 0.25) is 0 Å². The summed E-state index contributed by atoms with van der Waals surface area (Å²) >= 11 is 0. The van der Waals surface area contributed by atoms with Crippen LogP contribution < -0.4 is 0 Å². The lowest BCUT2D eigenvalue weighted by Crippen LogP contribution is -2.30. The van der Waals surface area contributed by atoms with Crippen LogP contribution in [0, 0.1) is 0 Å². The molecule has 0 saturated carbocycles. The summed E-state index contributed by atoms with van der Waals surface area (Å²) in [5, 5.41) is 0. The highest BCUT2D eigenvalue weighted by Gasteiger charge is 2.19. The normalized spacial score (nSPS) is 12.3. The Bertz CT molecular complexity index is 1280. The third kappa shape index (κ3) is 60.2. The van der Waals surface area contributed by atoms with Crippen LogP contribution in [-0.2, 0) is 28.6 Å². The maximum absolute atomic E-state index is 12.9. The van der Waals surface area contributed by atoms with E-state index >= 15 is 0 Å². The van der Waals surface area contributed by atoms with Crippen molar-refractivity contribution >= 4 is 17.9 Å². The average molecular weight is 1040 g/mol. The van der Waals surface area contributed by atoms with Crippen molar-refractivity contribution in [3.8, 4) is 0 Å². The van der Waals surface area contributed by atoms with Crippen molar-refractivity contribution in [2.75, 3.05) is 13.2 Å². The minimum absolute atomic E-state index is 0.0903. The number of rotatable bonds is 60. The first-order valence-corrected chi connectivity index (χ1v) is 32.6. The van der Waals surface area contributed by atoms with Gasteiger partial charge in [-0.05, 0) is 44.9 Å². The van der Waals surface area contributed by atoms with Gasteiger partial charge in [0, 0.05) is 19.3 Å². The predicted molar refractivity (Wildman–Crippen MR) is 321 cm³/mol. The van der Waals surface area contributed by atoms with Crippen LogP contribution in [0.4, 0.5) is 0 Å². The van der Waals surface area contributed by atoms with Crippen LogP contribution in [0.5, 0.6) is 0 Å². The molecule has 0 aromatic carbocycles. The summed E-state index contributed by atoms with van der Waals surface area (Å²) in [6.07, 6.45) is 78.8. The van der Waals surface area contributed by atoms with Crippen molar-refractivity contribution in [2.45, 2.75) is 354 Å². The largest absolute Gasteiger partial charge is 0.462 e. The monoisotopic (exact) mass is 1040 g/mol. The Morgan fingerprint density at radius 1 is 0.284 bits per heavy atom. The van der Waals surface area contributed by atoms with E-state index < -0.39 is 6.10 Å². The van der Waals surface area contributed by atoms with E-state index in [0.717, 1.165) is 64.2 Å². The van der Waals surface area contributed by atoms with E-state index in [1.807, 2.05) is 6.08 Å². The zero-order chi connectivity index (χ0) is 53.6. The Morgan fingerprint density at radius 3 is 0.824 bits per heavy atom. The van der Waals surface area contributed by atoms with E-state index in [0.29, 0.717) is 19.3 Å². The Labute approximate surface area is 460 Å². The van der Waals surface area contributed by atoms with Crippen molar-refractivity contribution in [1.82, 2.24) is 0 Å². The van der Waals surface area contributed by atoms with Crippen LogP contribution in [0.3, 0.4) is 0 Å². The number of allylic oxidation sites excluding steroid dienone is 8. The number of hydrogen-bond donors (Lipinski definition) is 0. The van der Waals surface area contributed by atoms with E-state index in [-0.39, 0.29) is 37.5 Å². The van der Waals surface area contributed by atoms with Gasteiger partial charge in [-0.1, -0.05) is 333 Å². The highest BCUT2D eigenvalue weighted by Crippen LogP contribution is 2.18. The molecule has 0 saturated heterocycles. The summed E-state index contributed by atoms with van der Waals surface area (Å²) in [7, 11) is 0. The van der Waals surface area contributed by atoms with Crippen molar-refractivity contribution in [3.63, 3.8) is 0 Å². The third-order valence-electron chi connectivity index (χ3n) is 14.6. The average Bonchev–Trinajstić information content (AvgIpc) is 3.40. The molecule has 0 radical (unpaired) electrons. The number of carbonyl (C=O) groups is 3. The first-order chi connectivity index (χ1) is 36.5. The van der Waals surface area contributed by atoms with Gasteiger partial charge in [0.05, 0.1) is 0 Å². The molecule has 6 nitrogen and oxygen atoms in total. The van der Waals surface area contributed by atoms with Gasteiger partial charge in [0.1, 0.15) is 13.2 Å². The van der Waals surface area contributed by atoms with Gasteiger partial charge in [-0.2, -0.15) is 0 Å². The molecule has 432 valence electrons. The highest BCUT2D eigenvalue weighted by atomic mass is 16.6. The predicted octanol–water partition coefficient (Wildman–Crippen LogP) is 22.2. The minimum atomic E-state index is -0.798. The fraction of sp³-hybridized carbons (Fsp3) is 0.838. The smallest absolute Gasteiger partial charge is 0.306 e. The molecule has 0 fully saturated rings. The number of carbonyl (C=O) groups excluding carboxylic acids is 3. The molecule has 1 unspecified atom stereocenters. The van der Waals surface area contributed by atoms with E-state index in [1.165, 1.54) is 238 Å². The zero-order valence-electron chi connectivity index (χ0n) is 49.6. The molecule has 0 aromatic heterocycles. The van der Waals surface area contributed by atoms with E-state index in [4.69, 9.17) is 14.2 Å². The van der Waals surface area contributed by atoms with E-state index in [9.17, 15) is 14.4 Å². The highest BCUT2D eigenvalue weighted by molar-refractivity contribution is 5.71. The number of esters is 3. The summed E-state index contributed by atoms with van der Waals surface area (Å²) in [4.78, 5) is 38.2. The van der Waals surface area contributed by atoms with Gasteiger partial charge in [-0.15, -0.1) is 0 Å². The van der Waals surface area contributed by atoms with Gasteiger partial charge < -0.3 is 14.2 Å². The fourth-order valence-electron chi connectivity index (χ4n) is 9.76. The van der Waals surface area contributed by atoms with Gasteiger partial charge in [-0.25, -0.2) is 0 Å². The van der Waals surface area contributed by atoms with Gasteiger partial charge in [-0.3, -0.25) is 14.4 Å². The second-order valence-electron chi connectivity index (χ2n) is 22.0. The summed E-state index contributed by atoms with van der Waals surface area (Å²) in [6.45, 7) is 6.51. The van der Waals surface area contributed by atoms with Crippen LogP contribution in [0.15, 0.2) is 48.6 Å². The SMILES string of the molecule is CC/C=C\C/C=C\C/C=C\C/C=C\CCC(=O)OCC(COC(=O)CCCCCCCCCCCCCCCCCCCCCCCCCCCCCCC)OC(=O)CCCCCCCCCCCCCCCC. The fourth-order valence-corrected chi connectivity index (χ4v) is 9.76. The molecule has 0 heterocycles. The number of hydrogen-bond acceptors (Lipinski definition) is 6. The first-order valence-electron chi connectivity index (χ1n) is 32.6. The molecule has 6 heteroatoms. The zero-order valence-corrected chi connectivity index (χ0v) is 49.6. The maximum atomic E-state index is 12.9. The van der Waals surface area contributed by atoms with Crippen LogP contribution in [0.25, 0.3) is 0 Å². The molecule has 0 aliphatic carbocycles. The van der Waals surface area contributed by atoms with E-state index in [2.05, 4.69) is 63.3 Å². The maximum Gasteiger partial charge on any atom is 0.306 e. The molecule has 0 rings (SSSR count). The van der Waals surface area contributed by atoms with Crippen LogP contribution in [-0.4, -0.2) is 37.2 Å².